The van der Waals surface area contributed by atoms with Crippen molar-refractivity contribution in [1.82, 2.24) is 4.90 Å². The zero-order chi connectivity index (χ0) is 14.8. The van der Waals surface area contributed by atoms with Crippen molar-refractivity contribution in [2.24, 2.45) is 0 Å². The van der Waals surface area contributed by atoms with E-state index in [1.165, 1.54) is 5.56 Å². The molecule has 1 aliphatic rings. The normalized spacial score (nSPS) is 16.7. The molecule has 0 bridgehead atoms. The lowest BCUT2D eigenvalue weighted by atomic mass is 10.0. The first kappa shape index (κ1) is 14.4. The first-order valence-electron chi connectivity index (χ1n) is 7.08. The zero-order valence-electron chi connectivity index (χ0n) is 11.9. The van der Waals surface area contributed by atoms with Crippen LogP contribution >= 0.6 is 15.9 Å². The van der Waals surface area contributed by atoms with Crippen molar-refractivity contribution in [2.45, 2.75) is 19.5 Å². The number of aromatic hydroxyl groups is 1. The molecule has 110 valence electrons. The predicted octanol–water partition coefficient (Wildman–Crippen LogP) is 4.11. The Balaban J connectivity index is 1.88. The van der Waals surface area contributed by atoms with Gasteiger partial charge in [0.05, 0.1) is 0 Å². The molecule has 0 aromatic heterocycles. The van der Waals surface area contributed by atoms with E-state index in [4.69, 9.17) is 4.74 Å². The Morgan fingerprint density at radius 1 is 1.24 bits per heavy atom. The molecular formula is C17H18BrNO2. The summed E-state index contributed by atoms with van der Waals surface area (Å²) in [7, 11) is 0. The standard InChI is InChI=1S/C17H18BrNO2/c1-12(15-10-14(18)6-7-16(15)20)19-8-9-21-17-5-3-2-4-13(17)11-19/h2-7,10,12,20H,8-9,11H2,1H3. The summed E-state index contributed by atoms with van der Waals surface area (Å²) in [6.45, 7) is 4.44. The van der Waals surface area contributed by atoms with Gasteiger partial charge in [0.15, 0.2) is 0 Å². The van der Waals surface area contributed by atoms with Crippen molar-refractivity contribution in [3.05, 3.63) is 58.1 Å². The monoisotopic (exact) mass is 347 g/mol. The van der Waals surface area contributed by atoms with Gasteiger partial charge in [-0.25, -0.2) is 0 Å². The second kappa shape index (κ2) is 6.08. The minimum atomic E-state index is 0.122. The van der Waals surface area contributed by atoms with Gasteiger partial charge in [-0.15, -0.1) is 0 Å². The number of para-hydroxylation sites is 1. The number of phenols is 1. The highest BCUT2D eigenvalue weighted by molar-refractivity contribution is 9.10. The van der Waals surface area contributed by atoms with E-state index >= 15 is 0 Å². The van der Waals surface area contributed by atoms with E-state index in [-0.39, 0.29) is 6.04 Å². The Morgan fingerprint density at radius 2 is 2.05 bits per heavy atom. The van der Waals surface area contributed by atoms with Crippen LogP contribution in [0.15, 0.2) is 46.9 Å². The summed E-state index contributed by atoms with van der Waals surface area (Å²) in [6, 6.07) is 13.8. The molecule has 0 aliphatic carbocycles. The molecule has 0 saturated heterocycles. The van der Waals surface area contributed by atoms with Crippen molar-refractivity contribution in [3.8, 4) is 11.5 Å². The van der Waals surface area contributed by atoms with Crippen molar-refractivity contribution in [2.75, 3.05) is 13.2 Å². The highest BCUT2D eigenvalue weighted by Gasteiger charge is 2.22. The van der Waals surface area contributed by atoms with Gasteiger partial charge in [0.25, 0.3) is 0 Å². The summed E-state index contributed by atoms with van der Waals surface area (Å²) < 4.78 is 6.79. The van der Waals surface area contributed by atoms with Crippen LogP contribution in [0.5, 0.6) is 11.5 Å². The summed E-state index contributed by atoms with van der Waals surface area (Å²) in [4.78, 5) is 2.33. The summed E-state index contributed by atoms with van der Waals surface area (Å²) in [6.07, 6.45) is 0. The molecule has 4 heteroatoms. The fourth-order valence-electron chi connectivity index (χ4n) is 2.73. The Kier molecular flexibility index (Phi) is 4.17. The SMILES string of the molecule is CC(c1cc(Br)ccc1O)N1CCOc2ccccc2C1. The number of hydrogen-bond donors (Lipinski definition) is 1. The molecule has 0 fully saturated rings. The highest BCUT2D eigenvalue weighted by atomic mass is 79.9. The molecule has 21 heavy (non-hydrogen) atoms. The van der Waals surface area contributed by atoms with Crippen LogP contribution in [0.25, 0.3) is 0 Å². The van der Waals surface area contributed by atoms with Gasteiger partial charge in [-0.3, -0.25) is 4.90 Å². The van der Waals surface area contributed by atoms with Crippen LogP contribution in [0.2, 0.25) is 0 Å². The molecule has 1 N–H and O–H groups in total. The Bertz CT molecular complexity index is 644. The molecule has 0 spiro atoms. The van der Waals surface area contributed by atoms with E-state index in [1.54, 1.807) is 6.07 Å². The molecule has 1 atom stereocenters. The molecule has 0 amide bonds. The van der Waals surface area contributed by atoms with Crippen LogP contribution in [0.4, 0.5) is 0 Å². The molecule has 1 unspecified atom stereocenters. The molecule has 3 rings (SSSR count). The number of phenolic OH excluding ortho intramolecular Hbond substituents is 1. The maximum atomic E-state index is 10.1. The number of benzene rings is 2. The second-order valence-corrected chi connectivity index (χ2v) is 6.22. The Morgan fingerprint density at radius 3 is 2.90 bits per heavy atom. The molecule has 2 aromatic rings. The Labute approximate surface area is 133 Å². The maximum Gasteiger partial charge on any atom is 0.123 e. The van der Waals surface area contributed by atoms with E-state index in [0.29, 0.717) is 12.4 Å². The van der Waals surface area contributed by atoms with Crippen molar-refractivity contribution in [1.29, 1.82) is 0 Å². The van der Waals surface area contributed by atoms with E-state index in [9.17, 15) is 5.11 Å². The summed E-state index contributed by atoms with van der Waals surface area (Å²) in [5, 5.41) is 10.1. The van der Waals surface area contributed by atoms with E-state index in [2.05, 4.69) is 33.8 Å². The maximum absolute atomic E-state index is 10.1. The van der Waals surface area contributed by atoms with Crippen molar-refractivity contribution < 1.29 is 9.84 Å². The van der Waals surface area contributed by atoms with Crippen molar-refractivity contribution in [3.63, 3.8) is 0 Å². The number of hydrogen-bond acceptors (Lipinski definition) is 3. The number of fused-ring (bicyclic) bond motifs is 1. The topological polar surface area (TPSA) is 32.7 Å². The van der Waals surface area contributed by atoms with Gasteiger partial charge in [0, 0.05) is 34.7 Å². The van der Waals surface area contributed by atoms with Crippen LogP contribution in [0.1, 0.15) is 24.1 Å². The van der Waals surface area contributed by atoms with Gasteiger partial charge in [-0.05, 0) is 31.2 Å². The van der Waals surface area contributed by atoms with Crippen LogP contribution in [-0.2, 0) is 6.54 Å². The zero-order valence-corrected chi connectivity index (χ0v) is 13.5. The van der Waals surface area contributed by atoms with Crippen LogP contribution in [-0.4, -0.2) is 23.2 Å². The minimum Gasteiger partial charge on any atom is -0.508 e. The minimum absolute atomic E-state index is 0.122. The average molecular weight is 348 g/mol. The fourth-order valence-corrected chi connectivity index (χ4v) is 3.11. The fraction of sp³-hybridized carbons (Fsp3) is 0.294. The third-order valence-electron chi connectivity index (χ3n) is 3.97. The van der Waals surface area contributed by atoms with Gasteiger partial charge in [-0.2, -0.15) is 0 Å². The quantitative estimate of drug-likeness (QED) is 0.887. The lowest BCUT2D eigenvalue weighted by Gasteiger charge is -2.28. The van der Waals surface area contributed by atoms with E-state index in [1.807, 2.05) is 30.3 Å². The van der Waals surface area contributed by atoms with Crippen LogP contribution < -0.4 is 4.74 Å². The van der Waals surface area contributed by atoms with Gasteiger partial charge < -0.3 is 9.84 Å². The number of rotatable bonds is 2. The van der Waals surface area contributed by atoms with E-state index < -0.39 is 0 Å². The summed E-state index contributed by atoms with van der Waals surface area (Å²) in [5.74, 6) is 1.30. The largest absolute Gasteiger partial charge is 0.508 e. The van der Waals surface area contributed by atoms with E-state index in [0.717, 1.165) is 28.9 Å². The van der Waals surface area contributed by atoms with Crippen LogP contribution in [0.3, 0.4) is 0 Å². The molecule has 3 nitrogen and oxygen atoms in total. The number of ether oxygens (including phenoxy) is 1. The predicted molar refractivity (Wildman–Crippen MR) is 86.6 cm³/mol. The molecular weight excluding hydrogens is 330 g/mol. The van der Waals surface area contributed by atoms with Gasteiger partial charge in [0.2, 0.25) is 0 Å². The lowest BCUT2D eigenvalue weighted by Crippen LogP contribution is -2.28. The third kappa shape index (κ3) is 3.06. The molecule has 1 aliphatic heterocycles. The molecule has 0 saturated carbocycles. The molecule has 0 radical (unpaired) electrons. The first-order valence-corrected chi connectivity index (χ1v) is 7.87. The van der Waals surface area contributed by atoms with Gasteiger partial charge in [0.1, 0.15) is 18.1 Å². The van der Waals surface area contributed by atoms with Gasteiger partial charge in [-0.1, -0.05) is 34.1 Å². The lowest BCUT2D eigenvalue weighted by molar-refractivity contribution is 0.177. The average Bonchev–Trinajstić information content (AvgIpc) is 2.71. The molecule has 2 aromatic carbocycles. The van der Waals surface area contributed by atoms with Crippen LogP contribution in [0, 0.1) is 0 Å². The van der Waals surface area contributed by atoms with Crippen molar-refractivity contribution >= 4 is 15.9 Å². The Hall–Kier alpha value is -1.52. The third-order valence-corrected chi connectivity index (χ3v) is 4.46. The van der Waals surface area contributed by atoms with Gasteiger partial charge >= 0.3 is 0 Å². The summed E-state index contributed by atoms with van der Waals surface area (Å²) >= 11 is 3.48. The highest BCUT2D eigenvalue weighted by Crippen LogP contribution is 2.33. The molecule has 1 heterocycles. The number of halogens is 1. The second-order valence-electron chi connectivity index (χ2n) is 5.31. The smallest absolute Gasteiger partial charge is 0.123 e. The summed E-state index contributed by atoms with van der Waals surface area (Å²) in [5.41, 5.74) is 2.13. The first-order chi connectivity index (χ1) is 10.1. The number of nitrogens with zero attached hydrogens (tertiary/aromatic N) is 1.